The summed E-state index contributed by atoms with van der Waals surface area (Å²) in [7, 11) is 0. The number of unbranched alkanes of at least 4 members (excludes halogenated alkanes) is 1. The minimum absolute atomic E-state index is 0.0239. The van der Waals surface area contributed by atoms with Gasteiger partial charge in [0.2, 0.25) is 17.7 Å². The first-order valence-corrected chi connectivity index (χ1v) is 23.6. The molecular weight excluding hydrogens is 908 g/mol. The van der Waals surface area contributed by atoms with E-state index in [0.29, 0.717) is 29.9 Å². The smallest absolute Gasteiger partial charge is 0.410 e. The number of aliphatic hydroxyl groups excluding tert-OH is 1. The highest BCUT2D eigenvalue weighted by molar-refractivity contribution is 5.98. The van der Waals surface area contributed by atoms with Crippen LogP contribution in [0.25, 0.3) is 11.3 Å². The fourth-order valence-corrected chi connectivity index (χ4v) is 8.63. The van der Waals surface area contributed by atoms with Gasteiger partial charge < -0.3 is 45.4 Å². The summed E-state index contributed by atoms with van der Waals surface area (Å²) < 4.78 is 53.1. The second-order valence-corrected chi connectivity index (χ2v) is 19.6. The average molecular weight is 974 g/mol. The van der Waals surface area contributed by atoms with Crippen molar-refractivity contribution in [3.8, 4) is 11.3 Å². The van der Waals surface area contributed by atoms with E-state index < -0.39 is 83.0 Å². The Morgan fingerprint density at radius 3 is 2.23 bits per heavy atom. The van der Waals surface area contributed by atoms with Gasteiger partial charge in [0.1, 0.15) is 48.2 Å². The number of carbonyl (C=O) groups excluding carboxylic acids is 6. The van der Waals surface area contributed by atoms with Gasteiger partial charge in [0.25, 0.3) is 5.91 Å². The van der Waals surface area contributed by atoms with Crippen molar-refractivity contribution in [2.45, 2.75) is 118 Å². The first-order valence-electron chi connectivity index (χ1n) is 23.6. The van der Waals surface area contributed by atoms with Crippen LogP contribution in [0.15, 0.2) is 79.0 Å². The van der Waals surface area contributed by atoms with Gasteiger partial charge in [0, 0.05) is 61.8 Å². The number of benzene rings is 3. The highest BCUT2D eigenvalue weighted by Gasteiger charge is 2.44. The van der Waals surface area contributed by atoms with E-state index in [9.17, 15) is 38.3 Å². The van der Waals surface area contributed by atoms with E-state index in [1.807, 2.05) is 65.0 Å². The van der Waals surface area contributed by atoms with Crippen LogP contribution in [0.4, 0.5) is 23.7 Å². The van der Waals surface area contributed by atoms with Crippen molar-refractivity contribution in [3.63, 3.8) is 0 Å². The molecule has 4 aromatic rings. The molecule has 5 rings (SSSR count). The van der Waals surface area contributed by atoms with Crippen molar-refractivity contribution in [1.29, 1.82) is 0 Å². The number of carbonyl (C=O) groups is 6. The van der Waals surface area contributed by atoms with Gasteiger partial charge in [-0.2, -0.15) is 0 Å². The zero-order chi connectivity index (χ0) is 51.4. The Balaban J connectivity index is 1.28. The zero-order valence-corrected chi connectivity index (χ0v) is 40.9. The van der Waals surface area contributed by atoms with Gasteiger partial charge >= 0.3 is 6.09 Å². The van der Waals surface area contributed by atoms with Crippen molar-refractivity contribution in [3.05, 3.63) is 108 Å². The number of alkyl halides is 1. The van der Waals surface area contributed by atoms with Crippen LogP contribution in [0.1, 0.15) is 104 Å². The maximum absolute atomic E-state index is 16.1. The second kappa shape index (κ2) is 24.3. The van der Waals surface area contributed by atoms with E-state index in [-0.39, 0.29) is 75.0 Å². The number of nitrogens with zero attached hydrogens (tertiary/aromatic N) is 4. The molecule has 0 spiro atoms. The number of rotatable bonds is 22. The number of nitrogens with two attached hydrogens (primary N) is 1. The number of hydrogen-bond donors (Lipinski definition) is 4. The van der Waals surface area contributed by atoms with Crippen LogP contribution >= 0.6 is 0 Å². The lowest BCUT2D eigenvalue weighted by Crippen LogP contribution is -2.49. The van der Waals surface area contributed by atoms with Gasteiger partial charge in [-0.25, -0.2) is 22.9 Å². The number of primary amides is 1. The Hall–Kier alpha value is -6.56. The first-order chi connectivity index (χ1) is 33.0. The average Bonchev–Trinajstić information content (AvgIpc) is 3.87. The molecule has 5 amide bonds. The molecule has 0 radical (unpaired) electrons. The lowest BCUT2D eigenvalue weighted by Gasteiger charge is -2.41. The number of halogens is 3. The SMILES string of the molecule is CC(=O)C[C@H](C(=O)N[C@@H](CCCCC(N)=O)C(=O)Nc1ccc(COC(=O)N2C[C@@H](CN(C(=O)[C@H](C)O)[C@@H](c3nc(-c4cc(F)ccc4F)cn3Cc3ccccc3)C(C)(C)C)[C@@H](F)C2)cc1)C(C)C. The lowest BCUT2D eigenvalue weighted by molar-refractivity contribution is -0.146. The molecule has 6 atom stereocenters. The van der Waals surface area contributed by atoms with Gasteiger partial charge in [-0.15, -0.1) is 0 Å². The summed E-state index contributed by atoms with van der Waals surface area (Å²) in [5.41, 5.74) is 6.26. The lowest BCUT2D eigenvalue weighted by atomic mass is 9.84. The monoisotopic (exact) mass is 973 g/mol. The third kappa shape index (κ3) is 15.0. The van der Waals surface area contributed by atoms with Crippen LogP contribution in [-0.4, -0.2) is 97.9 Å². The fourth-order valence-electron chi connectivity index (χ4n) is 8.63. The van der Waals surface area contributed by atoms with Crippen LogP contribution in [0, 0.1) is 34.8 Å². The molecule has 1 aromatic heterocycles. The van der Waals surface area contributed by atoms with E-state index in [1.54, 1.807) is 35.0 Å². The maximum Gasteiger partial charge on any atom is 0.410 e. The van der Waals surface area contributed by atoms with E-state index in [1.165, 1.54) is 23.6 Å². The Labute approximate surface area is 407 Å². The molecule has 18 heteroatoms. The van der Waals surface area contributed by atoms with Crippen LogP contribution in [-0.2, 0) is 41.9 Å². The van der Waals surface area contributed by atoms with Crippen molar-refractivity contribution in [1.82, 2.24) is 24.7 Å². The van der Waals surface area contributed by atoms with Gasteiger partial charge in [0.15, 0.2) is 0 Å². The number of anilines is 1. The number of imidazole rings is 1. The molecule has 2 heterocycles. The van der Waals surface area contributed by atoms with Gasteiger partial charge in [-0.1, -0.05) is 83.5 Å². The predicted octanol–water partition coefficient (Wildman–Crippen LogP) is 7.50. The molecule has 0 saturated carbocycles. The number of aliphatic hydroxyl groups is 1. The standard InChI is InChI=1S/C52H66F3N7O8/c1-31(2)39(23-32(3)63)48(66)59-43(15-11-12-16-45(56)65)49(67)57-38-20-17-35(18-21-38)30-70-51(69)61-26-36(42(55)28-61)27-62(50(68)33(4)64)46(52(5,6)7)47-58-44(40-24-37(53)19-22-41(40)54)29-60(47)25-34-13-9-8-10-14-34/h8-10,13-14,17-22,24,29,31,33,36,39,42-43,46,64H,11-12,15-16,23,25-28,30H2,1-7H3,(H2,56,65)(H,57,67)(H,59,66)/t33-,36-,39-,42-,43-,46-/m0/s1. The van der Waals surface area contributed by atoms with Crippen LogP contribution in [0.3, 0.4) is 0 Å². The highest BCUT2D eigenvalue weighted by Crippen LogP contribution is 2.41. The number of Topliss-reactive ketones (excluding diaryl/α,β-unsaturated/α-hetero) is 1. The van der Waals surface area contributed by atoms with E-state index in [0.717, 1.165) is 23.8 Å². The number of aromatic nitrogens is 2. The Morgan fingerprint density at radius 1 is 0.929 bits per heavy atom. The first kappa shape index (κ1) is 54.4. The second-order valence-electron chi connectivity index (χ2n) is 19.6. The maximum atomic E-state index is 16.1. The van der Waals surface area contributed by atoms with Crippen molar-refractivity contribution < 1.29 is 51.8 Å². The quantitative estimate of drug-likeness (QED) is 0.0575. The minimum atomic E-state index is -1.59. The molecule has 0 unspecified atom stereocenters. The van der Waals surface area contributed by atoms with Crippen LogP contribution in [0.5, 0.6) is 0 Å². The summed E-state index contributed by atoms with van der Waals surface area (Å²) >= 11 is 0. The third-order valence-corrected chi connectivity index (χ3v) is 12.3. The molecule has 5 N–H and O–H groups in total. The molecule has 1 aliphatic heterocycles. The molecule has 0 aliphatic carbocycles. The Bertz CT molecular complexity index is 2460. The molecule has 1 aliphatic rings. The summed E-state index contributed by atoms with van der Waals surface area (Å²) in [5, 5.41) is 16.3. The molecule has 15 nitrogen and oxygen atoms in total. The van der Waals surface area contributed by atoms with E-state index >= 15 is 8.78 Å². The normalized spacial score (nSPS) is 16.5. The summed E-state index contributed by atoms with van der Waals surface area (Å²) in [6.07, 6.45) is -1.12. The summed E-state index contributed by atoms with van der Waals surface area (Å²) in [6.45, 7) is 11.2. The van der Waals surface area contributed by atoms with Crippen molar-refractivity contribution >= 4 is 41.2 Å². The van der Waals surface area contributed by atoms with Crippen LogP contribution < -0.4 is 16.4 Å². The number of amides is 5. The highest BCUT2D eigenvalue weighted by atomic mass is 19.1. The topological polar surface area (TPSA) is 206 Å². The predicted molar refractivity (Wildman–Crippen MR) is 257 cm³/mol. The van der Waals surface area contributed by atoms with Gasteiger partial charge in [0.05, 0.1) is 18.3 Å². The molecule has 3 aromatic carbocycles. The summed E-state index contributed by atoms with van der Waals surface area (Å²) in [6, 6.07) is 16.9. The van der Waals surface area contributed by atoms with Crippen molar-refractivity contribution in [2.24, 2.45) is 28.9 Å². The van der Waals surface area contributed by atoms with E-state index in [2.05, 4.69) is 10.6 Å². The van der Waals surface area contributed by atoms with Gasteiger partial charge in [-0.05, 0) is 79.5 Å². The minimum Gasteiger partial charge on any atom is -0.445 e. The van der Waals surface area contributed by atoms with E-state index in [4.69, 9.17) is 15.5 Å². The Kier molecular flexibility index (Phi) is 18.9. The molecule has 1 fully saturated rings. The summed E-state index contributed by atoms with van der Waals surface area (Å²) in [4.78, 5) is 84.8. The fraction of sp³-hybridized carbons (Fsp3) is 0.481. The number of ketones is 1. The Morgan fingerprint density at radius 2 is 1.61 bits per heavy atom. The molecule has 70 heavy (non-hydrogen) atoms. The van der Waals surface area contributed by atoms with Gasteiger partial charge in [-0.3, -0.25) is 19.2 Å². The molecule has 0 bridgehead atoms. The van der Waals surface area contributed by atoms with Crippen molar-refractivity contribution in [2.75, 3.05) is 25.0 Å². The summed E-state index contributed by atoms with van der Waals surface area (Å²) in [5.74, 6) is -5.08. The zero-order valence-electron chi connectivity index (χ0n) is 40.9. The number of hydrogen-bond acceptors (Lipinski definition) is 9. The largest absolute Gasteiger partial charge is 0.445 e. The molecule has 378 valence electrons. The number of likely N-dealkylation sites (tertiary alicyclic amines) is 1. The molecular formula is C52H66F3N7O8. The number of nitrogens with one attached hydrogen (secondary N) is 2. The third-order valence-electron chi connectivity index (χ3n) is 12.3. The van der Waals surface area contributed by atoms with Crippen LogP contribution in [0.2, 0.25) is 0 Å². The molecule has 1 saturated heterocycles. The number of ether oxygens (including phenoxy) is 1.